The number of rotatable bonds is 11. The minimum atomic E-state index is -0.936. The number of unbranched alkanes of at least 4 members (excludes halogenated alkanes) is 1. The van der Waals surface area contributed by atoms with Crippen LogP contribution in [0.1, 0.15) is 48.0 Å². The number of methoxy groups -OCH3 is 2. The van der Waals surface area contributed by atoms with Gasteiger partial charge in [-0.2, -0.15) is 0 Å². The van der Waals surface area contributed by atoms with E-state index >= 15 is 0 Å². The highest BCUT2D eigenvalue weighted by molar-refractivity contribution is 5.92. The number of nitrogens with zero attached hydrogens (tertiary/aromatic N) is 2. The summed E-state index contributed by atoms with van der Waals surface area (Å²) >= 11 is 0. The van der Waals surface area contributed by atoms with E-state index in [1.165, 1.54) is 0 Å². The highest BCUT2D eigenvalue weighted by Crippen LogP contribution is 2.22. The minimum absolute atomic E-state index is 0.314. The Morgan fingerprint density at radius 1 is 1.09 bits per heavy atom. The zero-order chi connectivity index (χ0) is 23.8. The second-order valence-electron chi connectivity index (χ2n) is 8.09. The molecule has 6 nitrogen and oxygen atoms in total. The van der Waals surface area contributed by atoms with Crippen LogP contribution in [0.15, 0.2) is 54.2 Å². The van der Waals surface area contributed by atoms with Gasteiger partial charge in [0.25, 0.3) is 0 Å². The van der Waals surface area contributed by atoms with Gasteiger partial charge in [-0.25, -0.2) is 9.78 Å². The molecule has 0 radical (unpaired) electrons. The Kier molecular flexibility index (Phi) is 8.30. The van der Waals surface area contributed by atoms with Gasteiger partial charge in [0.2, 0.25) is 0 Å². The van der Waals surface area contributed by atoms with Crippen LogP contribution in [0, 0.1) is 6.92 Å². The van der Waals surface area contributed by atoms with Crippen LogP contribution in [0.2, 0.25) is 0 Å². The predicted molar refractivity (Wildman–Crippen MR) is 130 cm³/mol. The first kappa shape index (κ1) is 24.1. The number of hydrogen-bond acceptors (Lipinski definition) is 4. The highest BCUT2D eigenvalue weighted by Gasteiger charge is 2.14. The van der Waals surface area contributed by atoms with Crippen LogP contribution >= 0.6 is 0 Å². The Labute approximate surface area is 195 Å². The number of carboxylic acid groups (broad SMARTS) is 1. The van der Waals surface area contributed by atoms with E-state index in [1.807, 2.05) is 43.3 Å². The molecule has 0 saturated carbocycles. The number of imidazole rings is 1. The summed E-state index contributed by atoms with van der Waals surface area (Å²) in [6.45, 7) is 4.79. The molecule has 3 rings (SSSR count). The first-order valence-electron chi connectivity index (χ1n) is 11.2. The van der Waals surface area contributed by atoms with Gasteiger partial charge in [0.1, 0.15) is 17.3 Å². The molecule has 0 atom stereocenters. The summed E-state index contributed by atoms with van der Waals surface area (Å²) in [6.07, 6.45) is 6.78. The molecule has 1 N–H and O–H groups in total. The van der Waals surface area contributed by atoms with E-state index < -0.39 is 5.97 Å². The van der Waals surface area contributed by atoms with Crippen molar-refractivity contribution in [2.45, 2.75) is 46.1 Å². The molecule has 3 aromatic rings. The van der Waals surface area contributed by atoms with E-state index in [1.54, 1.807) is 26.5 Å². The summed E-state index contributed by atoms with van der Waals surface area (Å²) in [5, 5.41) is 9.88. The van der Waals surface area contributed by atoms with Crippen LogP contribution in [-0.2, 0) is 24.2 Å². The smallest absolute Gasteiger partial charge is 0.331 e. The molecule has 1 aromatic heterocycles. The maximum Gasteiger partial charge on any atom is 0.331 e. The second-order valence-corrected chi connectivity index (χ2v) is 8.09. The first-order chi connectivity index (χ1) is 15.9. The summed E-state index contributed by atoms with van der Waals surface area (Å²) in [5.41, 5.74) is 4.20. The van der Waals surface area contributed by atoms with E-state index in [0.29, 0.717) is 18.5 Å². The predicted octanol–water partition coefficient (Wildman–Crippen LogP) is 5.31. The molecule has 0 saturated heterocycles. The Bertz CT molecular complexity index is 1110. The Hall–Kier alpha value is -3.54. The maximum absolute atomic E-state index is 12.1. The molecule has 0 aliphatic carbocycles. The second kappa shape index (κ2) is 11.4. The summed E-state index contributed by atoms with van der Waals surface area (Å²) < 4.78 is 12.7. The number of ether oxygens (including phenoxy) is 2. The molecule has 33 heavy (non-hydrogen) atoms. The molecule has 174 valence electrons. The molecule has 0 bridgehead atoms. The molecule has 0 unspecified atom stereocenters. The molecule has 0 aliphatic rings. The van der Waals surface area contributed by atoms with Gasteiger partial charge in [-0.1, -0.05) is 37.6 Å². The fourth-order valence-corrected chi connectivity index (χ4v) is 3.81. The summed E-state index contributed by atoms with van der Waals surface area (Å²) in [6, 6.07) is 13.6. The van der Waals surface area contributed by atoms with Gasteiger partial charge in [0.15, 0.2) is 0 Å². The quantitative estimate of drug-likeness (QED) is 0.403. The molecule has 0 fully saturated rings. The normalized spacial score (nSPS) is 11.5. The fourth-order valence-electron chi connectivity index (χ4n) is 3.81. The summed E-state index contributed by atoms with van der Waals surface area (Å²) in [5.74, 6) is 1.62. The maximum atomic E-state index is 12.1. The molecule has 0 amide bonds. The van der Waals surface area contributed by atoms with Gasteiger partial charge in [-0.05, 0) is 54.3 Å². The van der Waals surface area contributed by atoms with Crippen LogP contribution in [0.5, 0.6) is 11.5 Å². The van der Waals surface area contributed by atoms with E-state index in [-0.39, 0.29) is 0 Å². The lowest BCUT2D eigenvalue weighted by molar-refractivity contribution is -0.132. The number of aliphatic carboxylic acids is 1. The van der Waals surface area contributed by atoms with Gasteiger partial charge < -0.3 is 19.1 Å². The van der Waals surface area contributed by atoms with Crippen LogP contribution in [0.4, 0.5) is 0 Å². The van der Waals surface area contributed by atoms with E-state index in [4.69, 9.17) is 9.47 Å². The number of carboxylic acids is 1. The number of hydrogen-bond donors (Lipinski definition) is 1. The van der Waals surface area contributed by atoms with Crippen molar-refractivity contribution in [1.29, 1.82) is 0 Å². The van der Waals surface area contributed by atoms with Crippen molar-refractivity contribution in [1.82, 2.24) is 9.55 Å². The average Bonchev–Trinajstić information content (AvgIpc) is 3.18. The largest absolute Gasteiger partial charge is 0.497 e. The number of aromatic nitrogens is 2. The zero-order valence-corrected chi connectivity index (χ0v) is 19.8. The lowest BCUT2D eigenvalue weighted by Crippen LogP contribution is -2.09. The molecular formula is C27H32N2O4. The van der Waals surface area contributed by atoms with Crippen LogP contribution in [0.25, 0.3) is 6.08 Å². The third kappa shape index (κ3) is 6.25. The molecule has 0 spiro atoms. The summed E-state index contributed by atoms with van der Waals surface area (Å²) in [4.78, 5) is 16.7. The molecule has 1 heterocycles. The van der Waals surface area contributed by atoms with Gasteiger partial charge in [0, 0.05) is 25.0 Å². The van der Waals surface area contributed by atoms with Crippen molar-refractivity contribution in [3.63, 3.8) is 0 Å². The van der Waals surface area contributed by atoms with Gasteiger partial charge >= 0.3 is 5.97 Å². The van der Waals surface area contributed by atoms with E-state index in [2.05, 4.69) is 22.5 Å². The number of carbonyl (C=O) groups is 1. The van der Waals surface area contributed by atoms with Gasteiger partial charge in [0.05, 0.1) is 26.1 Å². The third-order valence-corrected chi connectivity index (χ3v) is 5.67. The fraction of sp³-hybridized carbons (Fsp3) is 0.333. The topological polar surface area (TPSA) is 73.6 Å². The highest BCUT2D eigenvalue weighted by atomic mass is 16.5. The SMILES string of the molecule is CCCCc1ncc(C=C(Cc2ccc(OC)cc2)C(=O)O)n1Cc1ccc(OC)c(C)c1. The van der Waals surface area contributed by atoms with E-state index in [0.717, 1.165) is 59.0 Å². The van der Waals surface area contributed by atoms with Crippen LogP contribution in [0.3, 0.4) is 0 Å². The van der Waals surface area contributed by atoms with E-state index in [9.17, 15) is 9.90 Å². The monoisotopic (exact) mass is 448 g/mol. The van der Waals surface area contributed by atoms with Crippen molar-refractivity contribution in [2.75, 3.05) is 14.2 Å². The van der Waals surface area contributed by atoms with Crippen LogP contribution in [-0.4, -0.2) is 34.8 Å². The van der Waals surface area contributed by atoms with Gasteiger partial charge in [-0.3, -0.25) is 0 Å². The zero-order valence-electron chi connectivity index (χ0n) is 19.8. The van der Waals surface area contributed by atoms with Crippen molar-refractivity contribution in [3.05, 3.63) is 82.4 Å². The Morgan fingerprint density at radius 3 is 2.42 bits per heavy atom. The average molecular weight is 449 g/mol. The standard InChI is InChI=1S/C27H32N2O4/c1-5-6-7-26-28-17-23(29(26)18-21-10-13-25(33-4)19(2)14-21)16-22(27(30)31)15-20-8-11-24(32-3)12-9-20/h8-14,16-17H,5-7,15,18H2,1-4H3,(H,30,31). The Morgan fingerprint density at radius 2 is 1.82 bits per heavy atom. The summed E-state index contributed by atoms with van der Waals surface area (Å²) in [7, 11) is 3.28. The van der Waals surface area contributed by atoms with Crippen LogP contribution < -0.4 is 9.47 Å². The minimum Gasteiger partial charge on any atom is -0.497 e. The third-order valence-electron chi connectivity index (χ3n) is 5.67. The van der Waals surface area contributed by atoms with Crippen molar-refractivity contribution < 1.29 is 19.4 Å². The molecular weight excluding hydrogens is 416 g/mol. The Balaban J connectivity index is 1.95. The number of benzene rings is 2. The van der Waals surface area contributed by atoms with Crippen molar-refractivity contribution >= 4 is 12.0 Å². The molecule has 0 aliphatic heterocycles. The van der Waals surface area contributed by atoms with Gasteiger partial charge in [-0.15, -0.1) is 0 Å². The lowest BCUT2D eigenvalue weighted by Gasteiger charge is -2.13. The lowest BCUT2D eigenvalue weighted by atomic mass is 10.0. The van der Waals surface area contributed by atoms with Crippen molar-refractivity contribution in [2.24, 2.45) is 0 Å². The van der Waals surface area contributed by atoms with Crippen molar-refractivity contribution in [3.8, 4) is 11.5 Å². The number of aryl methyl sites for hydroxylation is 2. The molecule has 2 aromatic carbocycles. The first-order valence-corrected chi connectivity index (χ1v) is 11.2. The molecule has 6 heteroatoms.